The van der Waals surface area contributed by atoms with E-state index in [1.54, 1.807) is 0 Å². The molecule has 0 aromatic carbocycles. The summed E-state index contributed by atoms with van der Waals surface area (Å²) in [4.78, 5) is 7.67. The molecule has 0 spiro atoms. The van der Waals surface area contributed by atoms with E-state index >= 15 is 0 Å². The van der Waals surface area contributed by atoms with Crippen LogP contribution in [0.3, 0.4) is 0 Å². The molecular formula is C6H5ClN2O2S. The second kappa shape index (κ2) is 2.40. The lowest BCUT2D eigenvalue weighted by atomic mass is 10.3. The Morgan fingerprint density at radius 3 is 3.00 bits per heavy atom. The van der Waals surface area contributed by atoms with Crippen LogP contribution in [-0.2, 0) is 16.3 Å². The number of aryl methyl sites for hydroxylation is 1. The largest absolute Gasteiger partial charge is 0.225 e. The van der Waals surface area contributed by atoms with E-state index in [0.29, 0.717) is 12.1 Å². The molecular weight excluding hydrogens is 200 g/mol. The van der Waals surface area contributed by atoms with Crippen LogP contribution in [0.4, 0.5) is 0 Å². The average molecular weight is 205 g/mol. The van der Waals surface area contributed by atoms with Gasteiger partial charge in [0.2, 0.25) is 5.28 Å². The Morgan fingerprint density at radius 2 is 2.25 bits per heavy atom. The van der Waals surface area contributed by atoms with Gasteiger partial charge in [0.25, 0.3) is 0 Å². The van der Waals surface area contributed by atoms with Crippen LogP contribution in [0.15, 0.2) is 11.1 Å². The first-order chi connectivity index (χ1) is 5.59. The third-order valence-corrected chi connectivity index (χ3v) is 3.68. The smallest absolute Gasteiger partial charge is 0.222 e. The van der Waals surface area contributed by atoms with Gasteiger partial charge in [-0.25, -0.2) is 18.4 Å². The monoisotopic (exact) mass is 204 g/mol. The van der Waals surface area contributed by atoms with Gasteiger partial charge in [-0.2, -0.15) is 0 Å². The van der Waals surface area contributed by atoms with Crippen LogP contribution in [-0.4, -0.2) is 24.1 Å². The zero-order valence-corrected chi connectivity index (χ0v) is 7.56. The second-order valence-electron chi connectivity index (χ2n) is 2.52. The van der Waals surface area contributed by atoms with Crippen LogP contribution in [0.1, 0.15) is 5.69 Å². The molecule has 1 aromatic rings. The summed E-state index contributed by atoms with van der Waals surface area (Å²) in [6, 6.07) is 0. The zero-order chi connectivity index (χ0) is 8.77. The molecule has 1 aromatic heterocycles. The van der Waals surface area contributed by atoms with E-state index in [1.165, 1.54) is 6.20 Å². The van der Waals surface area contributed by atoms with Crippen molar-refractivity contribution in [2.24, 2.45) is 0 Å². The highest BCUT2D eigenvalue weighted by molar-refractivity contribution is 7.91. The van der Waals surface area contributed by atoms with Crippen LogP contribution in [0.25, 0.3) is 0 Å². The lowest BCUT2D eigenvalue weighted by Crippen LogP contribution is -1.99. The Kier molecular flexibility index (Phi) is 1.59. The predicted octanol–water partition coefficient (Wildman–Crippen LogP) is 0.460. The topological polar surface area (TPSA) is 59.9 Å². The molecule has 0 saturated heterocycles. The predicted molar refractivity (Wildman–Crippen MR) is 42.8 cm³/mol. The fraction of sp³-hybridized carbons (Fsp3) is 0.333. The number of hydrogen-bond donors (Lipinski definition) is 0. The Morgan fingerprint density at radius 1 is 1.50 bits per heavy atom. The van der Waals surface area contributed by atoms with Gasteiger partial charge in [-0.15, -0.1) is 0 Å². The minimum absolute atomic E-state index is 0.103. The third-order valence-electron chi connectivity index (χ3n) is 1.74. The Bertz CT molecular complexity index is 429. The summed E-state index contributed by atoms with van der Waals surface area (Å²) in [5, 5.41) is 0.103. The van der Waals surface area contributed by atoms with Gasteiger partial charge in [0.1, 0.15) is 4.90 Å². The first kappa shape index (κ1) is 7.94. The molecule has 0 N–H and O–H groups in total. The number of sulfone groups is 1. The van der Waals surface area contributed by atoms with Crippen molar-refractivity contribution in [2.45, 2.75) is 11.3 Å². The highest BCUT2D eigenvalue weighted by Gasteiger charge is 2.27. The molecule has 12 heavy (non-hydrogen) atoms. The van der Waals surface area contributed by atoms with Crippen LogP contribution >= 0.6 is 11.6 Å². The first-order valence-electron chi connectivity index (χ1n) is 3.34. The fourth-order valence-corrected chi connectivity index (χ4v) is 2.71. The van der Waals surface area contributed by atoms with Crippen LogP contribution in [0.2, 0.25) is 5.28 Å². The average Bonchev–Trinajstić information content (AvgIpc) is 2.27. The molecule has 4 nitrogen and oxygen atoms in total. The molecule has 1 aliphatic rings. The van der Waals surface area contributed by atoms with Crippen LogP contribution in [0, 0.1) is 0 Å². The summed E-state index contributed by atoms with van der Waals surface area (Å²) in [7, 11) is -3.11. The lowest BCUT2D eigenvalue weighted by molar-refractivity contribution is 0.599. The Balaban J connectivity index is 2.71. The van der Waals surface area contributed by atoms with E-state index in [-0.39, 0.29) is 15.9 Å². The van der Waals surface area contributed by atoms with Gasteiger partial charge in [-0.1, -0.05) is 0 Å². The van der Waals surface area contributed by atoms with E-state index in [0.717, 1.165) is 0 Å². The molecule has 1 aliphatic heterocycles. The maximum atomic E-state index is 11.2. The van der Waals surface area contributed by atoms with Crippen LogP contribution < -0.4 is 0 Å². The molecule has 0 atom stereocenters. The van der Waals surface area contributed by atoms with E-state index < -0.39 is 9.84 Å². The Hall–Kier alpha value is -0.680. The second-order valence-corrected chi connectivity index (χ2v) is 4.93. The summed E-state index contributed by atoms with van der Waals surface area (Å²) in [6.45, 7) is 0. The molecule has 2 rings (SSSR count). The minimum Gasteiger partial charge on any atom is -0.225 e. The molecule has 2 heterocycles. The van der Waals surface area contributed by atoms with E-state index in [4.69, 9.17) is 11.6 Å². The molecule has 0 saturated carbocycles. The van der Waals surface area contributed by atoms with Gasteiger partial charge >= 0.3 is 0 Å². The molecule has 6 heteroatoms. The quantitative estimate of drug-likeness (QED) is 0.576. The number of nitrogens with zero attached hydrogens (tertiary/aromatic N) is 2. The maximum Gasteiger partial charge on any atom is 0.222 e. The highest BCUT2D eigenvalue weighted by Crippen LogP contribution is 2.23. The van der Waals surface area contributed by atoms with Crippen molar-refractivity contribution in [3.8, 4) is 0 Å². The standard InChI is InChI=1S/C6H5ClN2O2S/c7-6-8-3-5-4(9-6)1-2-12(5,10)11/h3H,1-2H2. The number of aromatic nitrogens is 2. The number of halogens is 1. The van der Waals surface area contributed by atoms with Crippen molar-refractivity contribution >= 4 is 21.4 Å². The van der Waals surface area contributed by atoms with E-state index in [1.807, 2.05) is 0 Å². The van der Waals surface area contributed by atoms with E-state index in [2.05, 4.69) is 9.97 Å². The number of fused-ring (bicyclic) bond motifs is 1. The zero-order valence-electron chi connectivity index (χ0n) is 5.99. The minimum atomic E-state index is -3.11. The SMILES string of the molecule is O=S1(=O)CCc2nc(Cl)ncc21. The summed E-state index contributed by atoms with van der Waals surface area (Å²) in [5.41, 5.74) is 0.537. The summed E-state index contributed by atoms with van der Waals surface area (Å²) >= 11 is 5.50. The molecule has 0 radical (unpaired) electrons. The number of rotatable bonds is 0. The van der Waals surface area contributed by atoms with Gasteiger partial charge in [0.05, 0.1) is 17.6 Å². The molecule has 0 fully saturated rings. The molecule has 0 amide bonds. The highest BCUT2D eigenvalue weighted by atomic mass is 35.5. The molecule has 0 aliphatic carbocycles. The van der Waals surface area contributed by atoms with Crippen LogP contribution in [0.5, 0.6) is 0 Å². The molecule has 0 bridgehead atoms. The van der Waals surface area contributed by atoms with Crippen molar-refractivity contribution in [3.63, 3.8) is 0 Å². The maximum absolute atomic E-state index is 11.2. The van der Waals surface area contributed by atoms with Gasteiger partial charge in [-0.3, -0.25) is 0 Å². The van der Waals surface area contributed by atoms with Crippen molar-refractivity contribution in [1.29, 1.82) is 0 Å². The van der Waals surface area contributed by atoms with Gasteiger partial charge < -0.3 is 0 Å². The summed E-state index contributed by atoms with van der Waals surface area (Å²) < 4.78 is 22.5. The van der Waals surface area contributed by atoms with Crippen molar-refractivity contribution in [2.75, 3.05) is 5.75 Å². The van der Waals surface area contributed by atoms with Gasteiger partial charge in [-0.05, 0) is 11.6 Å². The molecule has 0 unspecified atom stereocenters. The van der Waals surface area contributed by atoms with E-state index in [9.17, 15) is 8.42 Å². The summed E-state index contributed by atoms with van der Waals surface area (Å²) in [6.07, 6.45) is 1.72. The van der Waals surface area contributed by atoms with Gasteiger partial charge in [0, 0.05) is 6.42 Å². The van der Waals surface area contributed by atoms with Crippen molar-refractivity contribution in [1.82, 2.24) is 9.97 Å². The van der Waals surface area contributed by atoms with Gasteiger partial charge in [0.15, 0.2) is 9.84 Å². The summed E-state index contributed by atoms with van der Waals surface area (Å²) in [5.74, 6) is 0.122. The van der Waals surface area contributed by atoms with Crippen molar-refractivity contribution in [3.05, 3.63) is 17.2 Å². The third kappa shape index (κ3) is 1.09. The lowest BCUT2D eigenvalue weighted by Gasteiger charge is -1.94. The van der Waals surface area contributed by atoms with Crippen molar-refractivity contribution < 1.29 is 8.42 Å². The fourth-order valence-electron chi connectivity index (χ4n) is 1.16. The first-order valence-corrected chi connectivity index (χ1v) is 5.37. The normalized spacial score (nSPS) is 19.1. The number of hydrogen-bond acceptors (Lipinski definition) is 4. The Labute approximate surface area is 74.5 Å². The molecule has 64 valence electrons.